The standard InChI is InChI=1S/C23H37N3O5.HI/c1-27-15-16-28-11-2-9-24-23(25-10-3-12-29-18-19-5-6-19)26-20-7-8-21-22(17-20)31-14-4-13-30-21;/h7-8,17,19H,2-6,9-16,18H2,1H3,(H2,24,25,26);1H. The number of nitrogens with one attached hydrogen (secondary N) is 2. The number of anilines is 1. The van der Waals surface area contributed by atoms with Crippen molar-refractivity contribution in [2.75, 3.05) is 71.8 Å². The van der Waals surface area contributed by atoms with Crippen LogP contribution >= 0.6 is 24.0 Å². The zero-order valence-corrected chi connectivity index (χ0v) is 21.4. The molecule has 0 radical (unpaired) electrons. The zero-order valence-electron chi connectivity index (χ0n) is 19.1. The highest BCUT2D eigenvalue weighted by Gasteiger charge is 2.20. The average Bonchev–Trinajstić information content (AvgIpc) is 3.62. The molecular weight excluding hydrogens is 525 g/mol. The first kappa shape index (κ1) is 26.9. The minimum absolute atomic E-state index is 0. The van der Waals surface area contributed by atoms with E-state index >= 15 is 0 Å². The first-order valence-electron chi connectivity index (χ1n) is 11.4. The molecule has 1 aromatic carbocycles. The molecule has 1 aliphatic heterocycles. The van der Waals surface area contributed by atoms with E-state index in [1.807, 2.05) is 18.2 Å². The van der Waals surface area contributed by atoms with Crippen LogP contribution in [0.3, 0.4) is 0 Å². The summed E-state index contributed by atoms with van der Waals surface area (Å²) in [5.74, 6) is 3.10. The van der Waals surface area contributed by atoms with Gasteiger partial charge in [-0.05, 0) is 43.7 Å². The van der Waals surface area contributed by atoms with E-state index in [-0.39, 0.29) is 24.0 Å². The smallest absolute Gasteiger partial charge is 0.195 e. The van der Waals surface area contributed by atoms with Gasteiger partial charge in [-0.25, -0.2) is 0 Å². The number of methoxy groups -OCH3 is 1. The van der Waals surface area contributed by atoms with Crippen LogP contribution in [-0.2, 0) is 14.2 Å². The molecule has 0 amide bonds. The van der Waals surface area contributed by atoms with E-state index in [4.69, 9.17) is 28.7 Å². The Morgan fingerprint density at radius 1 is 1.03 bits per heavy atom. The largest absolute Gasteiger partial charge is 0.490 e. The van der Waals surface area contributed by atoms with Crippen molar-refractivity contribution in [3.05, 3.63) is 18.2 Å². The summed E-state index contributed by atoms with van der Waals surface area (Å²) in [6.45, 7) is 6.39. The van der Waals surface area contributed by atoms with E-state index in [0.717, 1.165) is 68.1 Å². The van der Waals surface area contributed by atoms with E-state index in [1.165, 1.54) is 12.8 Å². The number of fused-ring (bicyclic) bond motifs is 1. The Morgan fingerprint density at radius 3 is 2.66 bits per heavy atom. The molecule has 3 rings (SSSR count). The number of aliphatic imine (C=N–C) groups is 1. The molecule has 0 aromatic heterocycles. The second kappa shape index (κ2) is 16.3. The van der Waals surface area contributed by atoms with Gasteiger partial charge in [0, 0.05) is 58.2 Å². The summed E-state index contributed by atoms with van der Waals surface area (Å²) in [5, 5.41) is 6.77. The van der Waals surface area contributed by atoms with Gasteiger partial charge < -0.3 is 34.3 Å². The van der Waals surface area contributed by atoms with Crippen LogP contribution in [0, 0.1) is 5.92 Å². The second-order valence-corrected chi connectivity index (χ2v) is 7.82. The fraction of sp³-hybridized carbons (Fsp3) is 0.696. The van der Waals surface area contributed by atoms with Gasteiger partial charge in [-0.15, -0.1) is 24.0 Å². The molecule has 0 atom stereocenters. The average molecular weight is 563 g/mol. The molecule has 8 nitrogen and oxygen atoms in total. The van der Waals surface area contributed by atoms with Crippen LogP contribution in [0.15, 0.2) is 23.2 Å². The van der Waals surface area contributed by atoms with Crippen LogP contribution in [0.2, 0.25) is 0 Å². The van der Waals surface area contributed by atoms with Crippen molar-refractivity contribution in [1.29, 1.82) is 0 Å². The maximum Gasteiger partial charge on any atom is 0.195 e. The number of guanidine groups is 1. The van der Waals surface area contributed by atoms with Gasteiger partial charge in [-0.3, -0.25) is 4.99 Å². The van der Waals surface area contributed by atoms with Crippen molar-refractivity contribution in [1.82, 2.24) is 5.32 Å². The van der Waals surface area contributed by atoms with Gasteiger partial charge in [0.15, 0.2) is 17.5 Å². The van der Waals surface area contributed by atoms with Gasteiger partial charge in [-0.1, -0.05) is 0 Å². The molecule has 0 saturated heterocycles. The topological polar surface area (TPSA) is 82.6 Å². The number of hydrogen-bond acceptors (Lipinski definition) is 6. The number of nitrogens with zero attached hydrogens (tertiary/aromatic N) is 1. The molecule has 182 valence electrons. The van der Waals surface area contributed by atoms with E-state index in [2.05, 4.69) is 10.6 Å². The van der Waals surface area contributed by atoms with E-state index in [0.29, 0.717) is 39.6 Å². The number of rotatable bonds is 14. The van der Waals surface area contributed by atoms with E-state index in [9.17, 15) is 0 Å². The van der Waals surface area contributed by atoms with E-state index < -0.39 is 0 Å². The van der Waals surface area contributed by atoms with Crippen molar-refractivity contribution in [2.45, 2.75) is 32.1 Å². The molecule has 0 bridgehead atoms. The minimum atomic E-state index is 0. The van der Waals surface area contributed by atoms with Gasteiger partial charge in [-0.2, -0.15) is 0 Å². The molecule has 1 aliphatic carbocycles. The molecule has 0 unspecified atom stereocenters. The summed E-state index contributed by atoms with van der Waals surface area (Å²) in [6.07, 6.45) is 5.32. The number of halogens is 1. The SMILES string of the molecule is COCCOCCCNC(=NCCCOCC1CC1)Nc1ccc2c(c1)OCCCO2.I. The Kier molecular flexibility index (Phi) is 13.8. The summed E-state index contributed by atoms with van der Waals surface area (Å²) in [4.78, 5) is 4.71. The molecule has 0 spiro atoms. The maximum absolute atomic E-state index is 5.80. The maximum atomic E-state index is 5.80. The summed E-state index contributed by atoms with van der Waals surface area (Å²) < 4.78 is 27.7. The lowest BCUT2D eigenvalue weighted by Crippen LogP contribution is -2.32. The summed E-state index contributed by atoms with van der Waals surface area (Å²) in [6, 6.07) is 5.89. The zero-order chi connectivity index (χ0) is 21.6. The van der Waals surface area contributed by atoms with E-state index in [1.54, 1.807) is 7.11 Å². The fourth-order valence-corrected chi connectivity index (χ4v) is 3.03. The molecule has 1 saturated carbocycles. The number of ether oxygens (including phenoxy) is 5. The molecule has 9 heteroatoms. The summed E-state index contributed by atoms with van der Waals surface area (Å²) >= 11 is 0. The predicted molar refractivity (Wildman–Crippen MR) is 137 cm³/mol. The van der Waals surface area contributed by atoms with Crippen molar-refractivity contribution in [3.63, 3.8) is 0 Å². The molecule has 1 aromatic rings. The Morgan fingerprint density at radius 2 is 1.84 bits per heavy atom. The van der Waals surface area contributed by atoms with Crippen LogP contribution in [-0.4, -0.2) is 72.4 Å². The second-order valence-electron chi connectivity index (χ2n) is 7.82. The Balaban J connectivity index is 0.00000363. The van der Waals surface area contributed by atoms with Gasteiger partial charge in [0.1, 0.15) is 0 Å². The Hall–Kier alpha value is -1.30. The van der Waals surface area contributed by atoms with Gasteiger partial charge in [0.05, 0.1) is 26.4 Å². The third-order valence-electron chi connectivity index (χ3n) is 4.97. The summed E-state index contributed by atoms with van der Waals surface area (Å²) in [5.41, 5.74) is 0.914. The molecule has 2 aliphatic rings. The molecule has 1 fully saturated rings. The lowest BCUT2D eigenvalue weighted by molar-refractivity contribution is 0.0699. The summed E-state index contributed by atoms with van der Waals surface area (Å²) in [7, 11) is 1.68. The highest BCUT2D eigenvalue weighted by atomic mass is 127. The minimum Gasteiger partial charge on any atom is -0.490 e. The lowest BCUT2D eigenvalue weighted by Gasteiger charge is -2.15. The van der Waals surface area contributed by atoms with Crippen molar-refractivity contribution in [2.24, 2.45) is 10.9 Å². The van der Waals surface area contributed by atoms with Gasteiger partial charge >= 0.3 is 0 Å². The van der Waals surface area contributed by atoms with Crippen LogP contribution in [0.4, 0.5) is 5.69 Å². The van der Waals surface area contributed by atoms with Crippen molar-refractivity contribution >= 4 is 35.6 Å². The first-order chi connectivity index (χ1) is 15.3. The Labute approximate surface area is 208 Å². The van der Waals surface area contributed by atoms with Crippen molar-refractivity contribution < 1.29 is 23.7 Å². The van der Waals surface area contributed by atoms with Crippen LogP contribution in [0.5, 0.6) is 11.5 Å². The van der Waals surface area contributed by atoms with Gasteiger partial charge in [0.2, 0.25) is 0 Å². The highest BCUT2D eigenvalue weighted by molar-refractivity contribution is 14.0. The van der Waals surface area contributed by atoms with Crippen LogP contribution < -0.4 is 20.1 Å². The van der Waals surface area contributed by atoms with Crippen molar-refractivity contribution in [3.8, 4) is 11.5 Å². The van der Waals surface area contributed by atoms with Crippen LogP contribution in [0.25, 0.3) is 0 Å². The fourth-order valence-electron chi connectivity index (χ4n) is 3.03. The Bertz CT molecular complexity index is 673. The quantitative estimate of drug-likeness (QED) is 0.155. The molecule has 1 heterocycles. The first-order valence-corrected chi connectivity index (χ1v) is 11.4. The third kappa shape index (κ3) is 11.0. The third-order valence-corrected chi connectivity index (χ3v) is 4.97. The molecule has 32 heavy (non-hydrogen) atoms. The number of hydrogen-bond donors (Lipinski definition) is 2. The monoisotopic (exact) mass is 563 g/mol. The molecular formula is C23H38IN3O5. The predicted octanol–water partition coefficient (Wildman–Crippen LogP) is 3.69. The highest BCUT2D eigenvalue weighted by Crippen LogP contribution is 2.32. The number of benzene rings is 1. The molecule has 2 N–H and O–H groups in total. The normalized spacial score (nSPS) is 15.6. The van der Waals surface area contributed by atoms with Crippen LogP contribution in [0.1, 0.15) is 32.1 Å². The lowest BCUT2D eigenvalue weighted by atomic mass is 10.2. The van der Waals surface area contributed by atoms with Gasteiger partial charge in [0.25, 0.3) is 0 Å².